The van der Waals surface area contributed by atoms with Crippen LogP contribution in [0.2, 0.25) is 0 Å². The van der Waals surface area contributed by atoms with E-state index in [-0.39, 0.29) is 12.5 Å². The monoisotopic (exact) mass is 367 g/mol. The predicted molar refractivity (Wildman–Crippen MR) is 104 cm³/mol. The number of hydrogen-bond donors (Lipinski definition) is 2. The zero-order chi connectivity index (χ0) is 19.2. The Morgan fingerprint density at radius 1 is 1.04 bits per heavy atom. The van der Waals surface area contributed by atoms with Crippen molar-refractivity contribution in [3.63, 3.8) is 0 Å². The molecule has 2 N–H and O–H groups in total. The van der Waals surface area contributed by atoms with Gasteiger partial charge in [0.25, 0.3) is 0 Å². The standard InChI is InChI=1S/C22H25NO4/c1-2-3-4-13-20(21(24)25)23-22(26)27-14-19-17-11-7-5-9-15(17)16-10-6-8-12-18(16)19/h5-12,19-20H,2-4,13-14H2,1H3,(H,23,26)(H,24,25)/t20-/m1/s1. The molecule has 5 nitrogen and oxygen atoms in total. The molecule has 3 rings (SSSR count). The molecule has 142 valence electrons. The zero-order valence-corrected chi connectivity index (χ0v) is 15.5. The molecule has 0 bridgehead atoms. The molecule has 0 spiro atoms. The quantitative estimate of drug-likeness (QED) is 0.671. The van der Waals surface area contributed by atoms with Gasteiger partial charge in [-0.05, 0) is 28.7 Å². The van der Waals surface area contributed by atoms with Crippen molar-refractivity contribution in [2.45, 2.75) is 44.6 Å². The van der Waals surface area contributed by atoms with Crippen molar-refractivity contribution in [1.82, 2.24) is 5.32 Å². The lowest BCUT2D eigenvalue weighted by molar-refractivity contribution is -0.139. The summed E-state index contributed by atoms with van der Waals surface area (Å²) >= 11 is 0. The van der Waals surface area contributed by atoms with Gasteiger partial charge in [-0.25, -0.2) is 9.59 Å². The molecule has 0 fully saturated rings. The molecule has 0 saturated heterocycles. The van der Waals surface area contributed by atoms with E-state index in [0.29, 0.717) is 6.42 Å². The average molecular weight is 367 g/mol. The Hall–Kier alpha value is -2.82. The first-order valence-corrected chi connectivity index (χ1v) is 9.46. The van der Waals surface area contributed by atoms with Crippen LogP contribution in [0.15, 0.2) is 48.5 Å². The lowest BCUT2D eigenvalue weighted by atomic mass is 9.98. The Labute approximate surface area is 159 Å². The van der Waals surface area contributed by atoms with Crippen LogP contribution in [0.1, 0.15) is 49.7 Å². The minimum absolute atomic E-state index is 0.0356. The van der Waals surface area contributed by atoms with Gasteiger partial charge in [-0.1, -0.05) is 74.7 Å². The molecule has 1 aliphatic carbocycles. The van der Waals surface area contributed by atoms with E-state index < -0.39 is 18.1 Å². The Kier molecular flexibility index (Phi) is 6.12. The van der Waals surface area contributed by atoms with Crippen LogP contribution in [0.3, 0.4) is 0 Å². The minimum atomic E-state index is -1.03. The summed E-state index contributed by atoms with van der Waals surface area (Å²) in [5.41, 5.74) is 4.57. The highest BCUT2D eigenvalue weighted by Crippen LogP contribution is 2.44. The number of nitrogens with one attached hydrogen (secondary N) is 1. The lowest BCUT2D eigenvalue weighted by Crippen LogP contribution is -2.41. The number of ether oxygens (including phenoxy) is 1. The number of amides is 1. The fraction of sp³-hybridized carbons (Fsp3) is 0.364. The molecule has 27 heavy (non-hydrogen) atoms. The fourth-order valence-electron chi connectivity index (χ4n) is 3.64. The van der Waals surface area contributed by atoms with Gasteiger partial charge in [-0.2, -0.15) is 0 Å². The first kappa shape index (κ1) is 19.0. The van der Waals surface area contributed by atoms with E-state index in [2.05, 4.69) is 24.4 Å². The van der Waals surface area contributed by atoms with Gasteiger partial charge in [-0.3, -0.25) is 0 Å². The molecule has 5 heteroatoms. The topological polar surface area (TPSA) is 75.6 Å². The summed E-state index contributed by atoms with van der Waals surface area (Å²) in [5.74, 6) is -1.06. The third-order valence-corrected chi connectivity index (χ3v) is 5.03. The Balaban J connectivity index is 1.64. The van der Waals surface area contributed by atoms with Crippen LogP contribution in [-0.4, -0.2) is 29.8 Å². The summed E-state index contributed by atoms with van der Waals surface area (Å²) < 4.78 is 5.41. The lowest BCUT2D eigenvalue weighted by Gasteiger charge is -2.17. The summed E-state index contributed by atoms with van der Waals surface area (Å²) in [6, 6.07) is 15.3. The third kappa shape index (κ3) is 4.30. The molecule has 0 heterocycles. The summed E-state index contributed by atoms with van der Waals surface area (Å²) in [6.07, 6.45) is 2.43. The highest BCUT2D eigenvalue weighted by molar-refractivity contribution is 5.81. The molecule has 0 aromatic heterocycles. The van der Waals surface area contributed by atoms with Crippen molar-refractivity contribution in [3.8, 4) is 11.1 Å². The van der Waals surface area contributed by atoms with Crippen LogP contribution < -0.4 is 5.32 Å². The van der Waals surface area contributed by atoms with Gasteiger partial charge >= 0.3 is 12.1 Å². The molecule has 1 atom stereocenters. The molecule has 2 aromatic carbocycles. The van der Waals surface area contributed by atoms with E-state index in [1.807, 2.05) is 36.4 Å². The van der Waals surface area contributed by atoms with Crippen LogP contribution in [0, 0.1) is 0 Å². The number of alkyl carbamates (subject to hydrolysis) is 1. The maximum atomic E-state index is 12.2. The maximum absolute atomic E-state index is 12.2. The highest BCUT2D eigenvalue weighted by atomic mass is 16.5. The van der Waals surface area contributed by atoms with E-state index in [4.69, 9.17) is 4.74 Å². The highest BCUT2D eigenvalue weighted by Gasteiger charge is 2.29. The zero-order valence-electron chi connectivity index (χ0n) is 15.5. The van der Waals surface area contributed by atoms with Gasteiger partial charge < -0.3 is 15.2 Å². The molecular formula is C22H25NO4. The second-order valence-corrected chi connectivity index (χ2v) is 6.86. The molecule has 0 unspecified atom stereocenters. The van der Waals surface area contributed by atoms with Gasteiger partial charge in [0.05, 0.1) is 0 Å². The summed E-state index contributed by atoms with van der Waals surface area (Å²) in [7, 11) is 0. The fourth-order valence-corrected chi connectivity index (χ4v) is 3.64. The number of carboxylic acids is 1. The van der Waals surface area contributed by atoms with Gasteiger partial charge in [0.15, 0.2) is 0 Å². The molecule has 0 saturated carbocycles. The van der Waals surface area contributed by atoms with Crippen molar-refractivity contribution in [2.75, 3.05) is 6.61 Å². The van der Waals surface area contributed by atoms with E-state index in [0.717, 1.165) is 41.5 Å². The molecule has 1 amide bonds. The second kappa shape index (κ2) is 8.71. The van der Waals surface area contributed by atoms with E-state index in [1.165, 1.54) is 0 Å². The Morgan fingerprint density at radius 2 is 1.63 bits per heavy atom. The predicted octanol–water partition coefficient (Wildman–Crippen LogP) is 4.56. The van der Waals surface area contributed by atoms with Crippen molar-refractivity contribution in [1.29, 1.82) is 0 Å². The van der Waals surface area contributed by atoms with Crippen molar-refractivity contribution < 1.29 is 19.4 Å². The maximum Gasteiger partial charge on any atom is 0.407 e. The summed E-state index contributed by atoms with van der Waals surface area (Å²) in [6.45, 7) is 2.23. The molecule has 2 aromatic rings. The number of benzene rings is 2. The van der Waals surface area contributed by atoms with E-state index >= 15 is 0 Å². The van der Waals surface area contributed by atoms with Crippen molar-refractivity contribution >= 4 is 12.1 Å². The molecule has 1 aliphatic rings. The Morgan fingerprint density at radius 3 is 2.19 bits per heavy atom. The summed E-state index contributed by atoms with van der Waals surface area (Å²) in [5, 5.41) is 11.8. The van der Waals surface area contributed by atoms with Gasteiger partial charge in [0, 0.05) is 5.92 Å². The number of unbranched alkanes of at least 4 members (excludes halogenated alkanes) is 2. The average Bonchev–Trinajstić information content (AvgIpc) is 2.99. The van der Waals surface area contributed by atoms with E-state index in [1.54, 1.807) is 0 Å². The number of rotatable bonds is 8. The van der Waals surface area contributed by atoms with Crippen molar-refractivity contribution in [3.05, 3.63) is 59.7 Å². The SMILES string of the molecule is CCCCC[C@@H](NC(=O)OCC1c2ccccc2-c2ccccc21)C(=O)O. The van der Waals surface area contributed by atoms with Gasteiger partial charge in [0.1, 0.15) is 12.6 Å². The van der Waals surface area contributed by atoms with Crippen LogP contribution in [0.25, 0.3) is 11.1 Å². The van der Waals surface area contributed by atoms with Crippen LogP contribution in [0.5, 0.6) is 0 Å². The van der Waals surface area contributed by atoms with Crippen molar-refractivity contribution in [2.24, 2.45) is 0 Å². The normalized spacial score (nSPS) is 13.5. The summed E-state index contributed by atoms with van der Waals surface area (Å²) in [4.78, 5) is 23.5. The first-order chi connectivity index (χ1) is 13.1. The number of carboxylic acid groups (broad SMARTS) is 1. The number of hydrogen-bond acceptors (Lipinski definition) is 3. The van der Waals surface area contributed by atoms with Gasteiger partial charge in [0.2, 0.25) is 0 Å². The first-order valence-electron chi connectivity index (χ1n) is 9.46. The van der Waals surface area contributed by atoms with E-state index in [9.17, 15) is 14.7 Å². The minimum Gasteiger partial charge on any atom is -0.480 e. The number of carbonyl (C=O) groups is 2. The van der Waals surface area contributed by atoms with Crippen LogP contribution in [-0.2, 0) is 9.53 Å². The number of fused-ring (bicyclic) bond motifs is 3. The Bertz CT molecular complexity index is 772. The van der Waals surface area contributed by atoms with Crippen LogP contribution in [0.4, 0.5) is 4.79 Å². The second-order valence-electron chi connectivity index (χ2n) is 6.86. The molecular weight excluding hydrogens is 342 g/mol. The molecule has 0 aliphatic heterocycles. The third-order valence-electron chi connectivity index (χ3n) is 5.03. The van der Waals surface area contributed by atoms with Crippen LogP contribution >= 0.6 is 0 Å². The molecule has 0 radical (unpaired) electrons. The van der Waals surface area contributed by atoms with Gasteiger partial charge in [-0.15, -0.1) is 0 Å². The largest absolute Gasteiger partial charge is 0.480 e. The number of carbonyl (C=O) groups excluding carboxylic acids is 1. The smallest absolute Gasteiger partial charge is 0.407 e. The number of aliphatic carboxylic acids is 1.